The fourth-order valence-electron chi connectivity index (χ4n) is 9.91. The van der Waals surface area contributed by atoms with Crippen LogP contribution in [0.3, 0.4) is 0 Å². The summed E-state index contributed by atoms with van der Waals surface area (Å²) in [5.41, 5.74) is 1.63. The second-order valence-electron chi connectivity index (χ2n) is 18.9. The van der Waals surface area contributed by atoms with E-state index in [9.17, 15) is 0 Å². The summed E-state index contributed by atoms with van der Waals surface area (Å²) in [6.45, 7) is 20.3. The number of hydrogen-bond donors (Lipinski definition) is 0. The van der Waals surface area contributed by atoms with Crippen molar-refractivity contribution in [2.45, 2.75) is 62.3 Å². The van der Waals surface area contributed by atoms with Gasteiger partial charge in [0.25, 0.3) is 0 Å². The molecule has 0 spiro atoms. The van der Waals surface area contributed by atoms with Crippen molar-refractivity contribution >= 4 is 64.5 Å². The first-order valence-electron chi connectivity index (χ1n) is 23.6. The summed E-state index contributed by atoms with van der Waals surface area (Å²) in [6.07, 6.45) is 0. The molecule has 342 valence electrons. The zero-order valence-corrected chi connectivity index (χ0v) is 45.3. The number of hydrogen-bond acceptors (Lipinski definition) is 0. The van der Waals surface area contributed by atoms with E-state index in [1.807, 2.05) is 0 Å². The molecule has 9 aromatic rings. The molecule has 0 nitrogen and oxygen atoms in total. The molecule has 0 unspecified atom stereocenters. The molecule has 0 radical (unpaired) electrons. The molecule has 67 heavy (non-hydrogen) atoms. The third kappa shape index (κ3) is 8.58. The molecule has 0 fully saturated rings. The van der Waals surface area contributed by atoms with Crippen molar-refractivity contribution in [1.82, 2.24) is 0 Å². The average molecular weight is 1020 g/mol. The van der Waals surface area contributed by atoms with Crippen LogP contribution in [-0.4, -0.2) is 0 Å². The quantitative estimate of drug-likeness (QED) is 0.0845. The normalized spacial score (nSPS) is 12.9. The first-order valence-corrected chi connectivity index (χ1v) is 36.5. The van der Waals surface area contributed by atoms with Crippen LogP contribution >= 0.6 is 16.8 Å². The fourth-order valence-corrected chi connectivity index (χ4v) is 100. The van der Waals surface area contributed by atoms with Crippen LogP contribution in [0.5, 0.6) is 0 Å². The Labute approximate surface area is 407 Å². The molecule has 0 aliphatic carbocycles. The van der Waals surface area contributed by atoms with Crippen molar-refractivity contribution in [3.63, 3.8) is 0 Å². The maximum atomic E-state index is 2.58. The van der Waals surface area contributed by atoms with Gasteiger partial charge in [-0.3, -0.25) is 0 Å². The summed E-state index contributed by atoms with van der Waals surface area (Å²) in [5.74, 6) is 0. The molecular weight excluding hydrogens is 953 g/mol. The van der Waals surface area contributed by atoms with E-state index in [0.717, 1.165) is 0 Å². The van der Waals surface area contributed by atoms with E-state index in [-0.39, 0.29) is 0 Å². The molecule has 0 heterocycles. The monoisotopic (exact) mass is 1020 g/mol. The molecule has 0 aliphatic heterocycles. The van der Waals surface area contributed by atoms with Crippen molar-refractivity contribution in [2.24, 2.45) is 0 Å². The first-order chi connectivity index (χ1) is 32.4. The second-order valence-corrected chi connectivity index (χ2v) is 52.0. The van der Waals surface area contributed by atoms with Gasteiger partial charge in [0.1, 0.15) is 0 Å². The predicted molar refractivity (Wildman–Crippen MR) is 302 cm³/mol. The van der Waals surface area contributed by atoms with Gasteiger partial charge in [0.05, 0.1) is 0 Å². The van der Waals surface area contributed by atoms with E-state index in [1.165, 1.54) is 97.8 Å². The van der Waals surface area contributed by atoms with Crippen LogP contribution in [0.25, 0.3) is 0 Å². The van der Waals surface area contributed by atoms with Gasteiger partial charge in [-0.1, -0.05) is 0 Å². The van der Waals surface area contributed by atoms with Gasteiger partial charge in [-0.15, -0.1) is 0 Å². The van der Waals surface area contributed by atoms with E-state index in [2.05, 4.69) is 281 Å². The Bertz CT molecular complexity index is 2410. The van der Waals surface area contributed by atoms with Crippen LogP contribution in [0.1, 0.15) is 50.1 Å². The molecule has 4 heteroatoms. The Morgan fingerprint density at radius 2 is 0.254 bits per heavy atom. The van der Waals surface area contributed by atoms with Crippen LogP contribution < -0.4 is 47.7 Å². The standard InChI is InChI=1S/3C21H21P.Rh/c3*1-16-4-10-19(11-5-16)22(20-12-6-17(2)7-13-20)21-14-8-18(3)9-15-21;/h3*4-15H,1-3H3;/q;;;-3/p+3. The van der Waals surface area contributed by atoms with E-state index in [1.54, 1.807) is 0 Å². The summed E-state index contributed by atoms with van der Waals surface area (Å²) in [6, 6.07) is 90.0. The topological polar surface area (TPSA) is 0 Å². The van der Waals surface area contributed by atoms with Crippen LogP contribution in [0.2, 0.25) is 0 Å². The molecule has 0 atom stereocenters. The Morgan fingerprint density at radius 1 is 0.164 bits per heavy atom. The molecule has 9 aromatic carbocycles. The van der Waals surface area contributed by atoms with Crippen LogP contribution in [-0.2, 0) is 14.5 Å². The summed E-state index contributed by atoms with van der Waals surface area (Å²) in [5, 5.41) is 13.5. The zero-order valence-electron chi connectivity index (χ0n) is 40.6. The summed E-state index contributed by atoms with van der Waals surface area (Å²) in [4.78, 5) is 0. The van der Waals surface area contributed by atoms with E-state index < -0.39 is 31.3 Å². The molecule has 9 rings (SSSR count). The van der Waals surface area contributed by atoms with Crippen molar-refractivity contribution < 1.29 is 14.5 Å². The second kappa shape index (κ2) is 19.5. The van der Waals surface area contributed by atoms with Gasteiger partial charge < -0.3 is 0 Å². The Kier molecular flexibility index (Phi) is 13.7. The van der Waals surface area contributed by atoms with Gasteiger partial charge >= 0.3 is 410 Å². The fraction of sp³-hybridized carbons (Fsp3) is 0.143. The van der Waals surface area contributed by atoms with Crippen molar-refractivity contribution in [1.29, 1.82) is 0 Å². The Morgan fingerprint density at radius 3 is 0.343 bits per heavy atom. The van der Waals surface area contributed by atoms with Crippen LogP contribution in [0.4, 0.5) is 0 Å². The third-order valence-electron chi connectivity index (χ3n) is 13.7. The molecule has 0 amide bonds. The van der Waals surface area contributed by atoms with Crippen molar-refractivity contribution in [2.75, 3.05) is 0 Å². The van der Waals surface area contributed by atoms with Crippen molar-refractivity contribution in [3.05, 3.63) is 268 Å². The van der Waals surface area contributed by atoms with Crippen LogP contribution in [0.15, 0.2) is 218 Å². The Balaban J connectivity index is 1.70. The number of aryl methyl sites for hydroxylation is 9. The molecule has 0 aromatic heterocycles. The molecule has 0 aliphatic rings. The van der Waals surface area contributed by atoms with Crippen molar-refractivity contribution in [3.8, 4) is 0 Å². The van der Waals surface area contributed by atoms with E-state index in [4.69, 9.17) is 0 Å². The van der Waals surface area contributed by atoms with Gasteiger partial charge in [-0.25, -0.2) is 0 Å². The average Bonchev–Trinajstić information content (AvgIpc) is 3.34. The van der Waals surface area contributed by atoms with E-state index >= 15 is 0 Å². The molecule has 0 bridgehead atoms. The summed E-state index contributed by atoms with van der Waals surface area (Å²) in [7, 11) is 0. The third-order valence-corrected chi connectivity index (χ3v) is 75.6. The van der Waals surface area contributed by atoms with E-state index in [0.29, 0.717) is 0 Å². The van der Waals surface area contributed by atoms with Gasteiger partial charge in [-0.2, -0.15) is 0 Å². The zero-order chi connectivity index (χ0) is 46.9. The predicted octanol–water partition coefficient (Wildman–Crippen LogP) is 12.3. The van der Waals surface area contributed by atoms with Gasteiger partial charge in [0.2, 0.25) is 0 Å². The summed E-state index contributed by atoms with van der Waals surface area (Å²) >= 11 is -2.57. The Hall–Kier alpha value is -5.11. The SMILES string of the molecule is Cc1ccc([PH](c2ccc(C)cc2)(c2ccc(C)cc2)[Rh]([PH](c2ccc(C)cc2)(c2ccc(C)cc2)c2ccc(C)cc2)[PH](c2ccc(C)cc2)(c2ccc(C)cc2)c2ccc(C)cc2)cc1. The van der Waals surface area contributed by atoms with Gasteiger partial charge in [0.15, 0.2) is 0 Å². The molecule has 0 saturated carbocycles. The van der Waals surface area contributed by atoms with Crippen LogP contribution in [0, 0.1) is 62.3 Å². The minimum absolute atomic E-state index is 1.29. The number of benzene rings is 9. The molecule has 0 N–H and O–H groups in total. The first kappa shape index (κ1) is 47.0. The molecule has 0 saturated heterocycles. The summed E-state index contributed by atoms with van der Waals surface area (Å²) < 4.78 is 0. The molecular formula is C63H66P3Rh. The van der Waals surface area contributed by atoms with Gasteiger partial charge in [-0.05, 0) is 0 Å². The number of rotatable bonds is 12. The van der Waals surface area contributed by atoms with Gasteiger partial charge in [0, 0.05) is 0 Å². The maximum absolute atomic E-state index is 3.32. The minimum atomic E-state index is -3.32.